The van der Waals surface area contributed by atoms with Crippen LogP contribution in [0.4, 0.5) is 0 Å². The molecule has 0 atom stereocenters. The lowest BCUT2D eigenvalue weighted by Crippen LogP contribution is -2.30. The summed E-state index contributed by atoms with van der Waals surface area (Å²) < 4.78 is 0. The van der Waals surface area contributed by atoms with Crippen LogP contribution in [-0.4, -0.2) is 23.9 Å². The van der Waals surface area contributed by atoms with E-state index in [2.05, 4.69) is 4.99 Å². The molecule has 15 heavy (non-hydrogen) atoms. The Bertz CT molecular complexity index is 331. The molecule has 5 N–H and O–H groups in total. The third-order valence-electron chi connectivity index (χ3n) is 1.57. The molecule has 0 bridgehead atoms. The van der Waals surface area contributed by atoms with Crippen LogP contribution in [0.5, 0.6) is 0 Å². The van der Waals surface area contributed by atoms with E-state index in [0.717, 1.165) is 0 Å². The number of aliphatic imine (C=N–C) groups is 1. The summed E-state index contributed by atoms with van der Waals surface area (Å²) >= 11 is 1.64. The number of hydrogen-bond acceptors (Lipinski definition) is 2. The van der Waals surface area contributed by atoms with Gasteiger partial charge >= 0.3 is 0 Å². The predicted molar refractivity (Wildman–Crippen MR) is 66.6 cm³/mol. The molecule has 0 amide bonds. The van der Waals surface area contributed by atoms with Crippen molar-refractivity contribution in [3.63, 3.8) is 0 Å². The van der Waals surface area contributed by atoms with Crippen molar-refractivity contribution in [3.8, 4) is 0 Å². The van der Waals surface area contributed by atoms with Gasteiger partial charge in [-0.25, -0.2) is 0 Å². The van der Waals surface area contributed by atoms with Crippen LogP contribution in [0, 0.1) is 5.41 Å². The quantitative estimate of drug-likeness (QED) is 0.534. The summed E-state index contributed by atoms with van der Waals surface area (Å²) in [7, 11) is 1.77. The zero-order valence-electron chi connectivity index (χ0n) is 8.30. The molecule has 0 fully saturated rings. The van der Waals surface area contributed by atoms with E-state index in [9.17, 15) is 0 Å². The van der Waals surface area contributed by atoms with Gasteiger partial charge in [-0.15, -0.1) is 23.7 Å². The van der Waals surface area contributed by atoms with Gasteiger partial charge in [-0.1, -0.05) is 6.07 Å². The molecule has 1 rings (SSSR count). The maximum Gasteiger partial charge on any atom is 0.221 e. The molecular weight excluding hydrogens is 234 g/mol. The fourth-order valence-electron chi connectivity index (χ4n) is 0.919. The summed E-state index contributed by atoms with van der Waals surface area (Å²) in [6.07, 6.45) is 0. The zero-order chi connectivity index (χ0) is 10.6. The highest BCUT2D eigenvalue weighted by atomic mass is 35.5. The van der Waals surface area contributed by atoms with E-state index < -0.39 is 0 Å². The Hall–Kier alpha value is -1.27. The van der Waals surface area contributed by atoms with Crippen LogP contribution in [0.2, 0.25) is 0 Å². The lowest BCUT2D eigenvalue weighted by molar-refractivity contribution is 0.496. The van der Waals surface area contributed by atoms with Crippen molar-refractivity contribution in [2.45, 2.75) is 6.54 Å². The molecule has 1 aromatic heterocycles. The minimum absolute atomic E-state index is 0. The van der Waals surface area contributed by atoms with E-state index in [1.165, 1.54) is 4.88 Å². The fourth-order valence-corrected chi connectivity index (χ4v) is 1.68. The normalized spacial score (nSPS) is 8.87. The van der Waals surface area contributed by atoms with Crippen LogP contribution in [-0.2, 0) is 6.54 Å². The SMILES string of the molecule is CN(Cc1cccs1)C(=N)N=C(N)N.Cl. The number of nitrogens with two attached hydrogens (primary N) is 2. The van der Waals surface area contributed by atoms with Crippen molar-refractivity contribution in [2.24, 2.45) is 16.5 Å². The first kappa shape index (κ1) is 13.7. The highest BCUT2D eigenvalue weighted by molar-refractivity contribution is 7.09. The Morgan fingerprint density at radius 2 is 2.27 bits per heavy atom. The van der Waals surface area contributed by atoms with Crippen LogP contribution in [0.1, 0.15) is 4.88 Å². The largest absolute Gasteiger partial charge is 0.370 e. The average Bonchev–Trinajstić information content (AvgIpc) is 2.55. The molecular formula is C8H14ClN5S. The molecule has 0 spiro atoms. The van der Waals surface area contributed by atoms with E-state index in [1.807, 2.05) is 17.5 Å². The number of guanidine groups is 2. The third-order valence-corrected chi connectivity index (χ3v) is 2.43. The molecule has 0 saturated carbocycles. The number of hydrogen-bond donors (Lipinski definition) is 3. The van der Waals surface area contributed by atoms with Crippen molar-refractivity contribution in [1.82, 2.24) is 4.90 Å². The molecule has 7 heteroatoms. The monoisotopic (exact) mass is 247 g/mol. The third kappa shape index (κ3) is 4.66. The summed E-state index contributed by atoms with van der Waals surface area (Å²) in [6.45, 7) is 0.646. The van der Waals surface area contributed by atoms with Crippen LogP contribution < -0.4 is 11.5 Å². The molecule has 0 aliphatic carbocycles. The van der Waals surface area contributed by atoms with Gasteiger partial charge in [0.1, 0.15) is 0 Å². The highest BCUT2D eigenvalue weighted by Gasteiger charge is 2.04. The predicted octanol–water partition coefficient (Wildman–Crippen LogP) is 0.810. The van der Waals surface area contributed by atoms with Gasteiger partial charge in [0.05, 0.1) is 6.54 Å². The lowest BCUT2D eigenvalue weighted by atomic mass is 10.4. The number of thiophene rings is 1. The highest BCUT2D eigenvalue weighted by Crippen LogP contribution is 2.10. The smallest absolute Gasteiger partial charge is 0.221 e. The second-order valence-electron chi connectivity index (χ2n) is 2.80. The number of halogens is 1. The lowest BCUT2D eigenvalue weighted by Gasteiger charge is -2.15. The van der Waals surface area contributed by atoms with Gasteiger partial charge < -0.3 is 16.4 Å². The molecule has 0 unspecified atom stereocenters. The van der Waals surface area contributed by atoms with Crippen LogP contribution in [0.25, 0.3) is 0 Å². The van der Waals surface area contributed by atoms with Crippen LogP contribution in [0.3, 0.4) is 0 Å². The van der Waals surface area contributed by atoms with Gasteiger partial charge in [-0.3, -0.25) is 5.41 Å². The summed E-state index contributed by atoms with van der Waals surface area (Å²) in [5.74, 6) is -0.0218. The second-order valence-corrected chi connectivity index (χ2v) is 3.83. The Kier molecular flexibility index (Phi) is 5.73. The molecule has 0 aliphatic heterocycles. The second kappa shape index (κ2) is 6.26. The summed E-state index contributed by atoms with van der Waals surface area (Å²) in [4.78, 5) is 6.49. The van der Waals surface area contributed by atoms with Crippen molar-refractivity contribution in [1.29, 1.82) is 5.41 Å². The molecule has 0 saturated heterocycles. The van der Waals surface area contributed by atoms with Gasteiger partial charge in [0, 0.05) is 11.9 Å². The summed E-state index contributed by atoms with van der Waals surface area (Å²) in [6, 6.07) is 3.97. The Morgan fingerprint density at radius 3 is 2.73 bits per heavy atom. The van der Waals surface area contributed by atoms with E-state index >= 15 is 0 Å². The van der Waals surface area contributed by atoms with Crippen LogP contribution >= 0.6 is 23.7 Å². The Labute approximate surface area is 98.7 Å². The molecule has 5 nitrogen and oxygen atoms in total. The van der Waals surface area contributed by atoms with E-state index in [-0.39, 0.29) is 24.3 Å². The fraction of sp³-hybridized carbons (Fsp3) is 0.250. The van der Waals surface area contributed by atoms with E-state index in [1.54, 1.807) is 23.3 Å². The van der Waals surface area contributed by atoms with Gasteiger partial charge in [-0.05, 0) is 11.4 Å². The minimum Gasteiger partial charge on any atom is -0.370 e. The van der Waals surface area contributed by atoms with Gasteiger partial charge in [0.15, 0.2) is 5.96 Å². The molecule has 1 heterocycles. The van der Waals surface area contributed by atoms with Gasteiger partial charge in [-0.2, -0.15) is 4.99 Å². The number of nitrogens with zero attached hydrogens (tertiary/aromatic N) is 2. The first-order valence-corrected chi connectivity index (χ1v) is 4.89. The molecule has 0 aliphatic rings. The van der Waals surface area contributed by atoms with Crippen molar-refractivity contribution >= 4 is 35.7 Å². The summed E-state index contributed by atoms with van der Waals surface area (Å²) in [5, 5.41) is 9.50. The Balaban J connectivity index is 0.00000196. The van der Waals surface area contributed by atoms with Crippen molar-refractivity contribution in [3.05, 3.63) is 22.4 Å². The maximum absolute atomic E-state index is 7.51. The standard InChI is InChI=1S/C8H13N5S.ClH/c1-13(8(11)12-7(9)10)5-6-3-2-4-14-6;/h2-4H,5H2,1H3,(H5,9,10,11,12);1H. The topological polar surface area (TPSA) is 91.5 Å². The molecule has 1 aromatic rings. The van der Waals surface area contributed by atoms with Crippen molar-refractivity contribution in [2.75, 3.05) is 7.05 Å². The molecule has 0 radical (unpaired) electrons. The van der Waals surface area contributed by atoms with Gasteiger partial charge in [0.25, 0.3) is 0 Å². The minimum atomic E-state index is -0.0898. The average molecular weight is 248 g/mol. The first-order valence-electron chi connectivity index (χ1n) is 4.01. The van der Waals surface area contributed by atoms with Gasteiger partial charge in [0.2, 0.25) is 5.96 Å². The number of rotatable bonds is 2. The maximum atomic E-state index is 7.51. The zero-order valence-corrected chi connectivity index (χ0v) is 9.94. The summed E-state index contributed by atoms with van der Waals surface area (Å²) in [5.41, 5.74) is 10.3. The van der Waals surface area contributed by atoms with Crippen LogP contribution in [0.15, 0.2) is 22.5 Å². The number of nitrogens with one attached hydrogen (secondary N) is 1. The first-order chi connectivity index (χ1) is 6.59. The van der Waals surface area contributed by atoms with Crippen molar-refractivity contribution < 1.29 is 0 Å². The Morgan fingerprint density at radius 1 is 1.60 bits per heavy atom. The molecule has 0 aromatic carbocycles. The van der Waals surface area contributed by atoms with E-state index in [4.69, 9.17) is 16.9 Å². The molecule has 84 valence electrons. The van der Waals surface area contributed by atoms with E-state index in [0.29, 0.717) is 6.54 Å².